The monoisotopic (exact) mass is 576 g/mol. The lowest BCUT2D eigenvalue weighted by molar-refractivity contribution is -0.170. The minimum atomic E-state index is -1.32. The number of esters is 4. The van der Waals surface area contributed by atoms with Crippen molar-refractivity contribution in [2.24, 2.45) is 5.41 Å². The van der Waals surface area contributed by atoms with Crippen molar-refractivity contribution in [3.05, 3.63) is 0 Å². The van der Waals surface area contributed by atoms with Crippen molar-refractivity contribution in [2.45, 2.75) is 32.1 Å². The summed E-state index contributed by atoms with van der Waals surface area (Å²) in [4.78, 5) is 59.5. The molecule has 0 aromatic heterocycles. The number of thioether (sulfide) groups is 1. The number of hydrogen-bond donors (Lipinski definition) is 4. The summed E-state index contributed by atoms with van der Waals surface area (Å²) >= 11 is 16.9. The van der Waals surface area contributed by atoms with Gasteiger partial charge in [0.15, 0.2) is 5.12 Å². The molecule has 0 radical (unpaired) electrons. The average molecular weight is 577 g/mol. The number of thiol groups is 4. The summed E-state index contributed by atoms with van der Waals surface area (Å²) in [7, 11) is 0. The summed E-state index contributed by atoms with van der Waals surface area (Å²) in [6.45, 7) is -1.34. The summed E-state index contributed by atoms with van der Waals surface area (Å²) in [6, 6.07) is 0. The lowest BCUT2D eigenvalue weighted by Gasteiger charge is -2.31. The number of rotatable bonds is 19. The van der Waals surface area contributed by atoms with Crippen LogP contribution >= 0.6 is 62.3 Å². The second kappa shape index (κ2) is 20.5. The Bertz CT molecular complexity index is 605. The Kier molecular flexibility index (Phi) is 20.1. The lowest BCUT2D eigenvalue weighted by Crippen LogP contribution is -2.44. The summed E-state index contributed by atoms with van der Waals surface area (Å²) in [5.41, 5.74) is -1.32. The van der Waals surface area contributed by atoms with Crippen LogP contribution in [-0.4, -0.2) is 84.2 Å². The van der Waals surface area contributed by atoms with Gasteiger partial charge in [0.05, 0.1) is 25.7 Å². The first kappa shape index (κ1) is 33.3. The van der Waals surface area contributed by atoms with Gasteiger partial charge in [-0.25, -0.2) is 0 Å². The quantitative estimate of drug-likeness (QED) is 0.103. The van der Waals surface area contributed by atoms with E-state index >= 15 is 0 Å². The Morgan fingerprint density at radius 3 is 1.18 bits per heavy atom. The summed E-state index contributed by atoms with van der Waals surface area (Å²) in [5, 5.41) is -0.0829. The molecular weight excluding hydrogens is 545 g/mol. The van der Waals surface area contributed by atoms with Crippen LogP contribution in [0.3, 0.4) is 0 Å². The maximum absolute atomic E-state index is 12.2. The smallest absolute Gasteiger partial charge is 0.306 e. The van der Waals surface area contributed by atoms with Crippen LogP contribution in [0.25, 0.3) is 0 Å². The molecule has 0 amide bonds. The van der Waals surface area contributed by atoms with Gasteiger partial charge in [-0.3, -0.25) is 24.0 Å². The van der Waals surface area contributed by atoms with E-state index in [2.05, 4.69) is 50.5 Å². The molecule has 0 aliphatic rings. The molecule has 0 unspecified atom stereocenters. The Morgan fingerprint density at radius 2 is 0.853 bits per heavy atom. The molecule has 0 saturated heterocycles. The molecule has 0 spiro atoms. The van der Waals surface area contributed by atoms with E-state index in [1.54, 1.807) is 0 Å². The number of ether oxygens (including phenoxy) is 4. The third-order valence-electron chi connectivity index (χ3n) is 3.99. The van der Waals surface area contributed by atoms with E-state index in [1.165, 1.54) is 0 Å². The summed E-state index contributed by atoms with van der Waals surface area (Å²) in [6.07, 6.45) is 0.358. The summed E-state index contributed by atoms with van der Waals surface area (Å²) < 4.78 is 21.1. The molecule has 0 fully saturated rings. The van der Waals surface area contributed by atoms with Gasteiger partial charge in [0.1, 0.15) is 31.8 Å². The molecule has 9 nitrogen and oxygen atoms in total. The van der Waals surface area contributed by atoms with Crippen molar-refractivity contribution < 1.29 is 42.9 Å². The van der Waals surface area contributed by atoms with Crippen molar-refractivity contribution in [1.82, 2.24) is 0 Å². The maximum Gasteiger partial charge on any atom is 0.306 e. The van der Waals surface area contributed by atoms with E-state index in [4.69, 9.17) is 18.9 Å². The van der Waals surface area contributed by atoms with Crippen molar-refractivity contribution in [2.75, 3.05) is 55.2 Å². The van der Waals surface area contributed by atoms with Crippen LogP contribution in [0.4, 0.5) is 0 Å². The van der Waals surface area contributed by atoms with Gasteiger partial charge >= 0.3 is 23.9 Å². The van der Waals surface area contributed by atoms with E-state index < -0.39 is 29.3 Å². The molecule has 0 N–H and O–H groups in total. The Labute approximate surface area is 226 Å². The SMILES string of the molecule is O=C(CCS)OCC(COC(=O)CCS)(COC(=O)CCS)COC(=O)CCSC(=O)CCS. The third kappa shape index (κ3) is 16.8. The van der Waals surface area contributed by atoms with Gasteiger partial charge in [-0.1, -0.05) is 11.8 Å². The van der Waals surface area contributed by atoms with Crippen molar-refractivity contribution >= 4 is 91.3 Å². The Balaban J connectivity index is 5.32. The highest BCUT2D eigenvalue weighted by Crippen LogP contribution is 2.23. The molecule has 0 aromatic carbocycles. The predicted molar refractivity (Wildman–Crippen MR) is 142 cm³/mol. The third-order valence-corrected chi connectivity index (χ3v) is 5.82. The molecular formula is C20H32O9S5. The number of hydrogen-bond acceptors (Lipinski definition) is 14. The van der Waals surface area contributed by atoms with Gasteiger partial charge in [0, 0.05) is 29.4 Å². The molecule has 0 aromatic rings. The molecule has 0 bridgehead atoms. The Morgan fingerprint density at radius 1 is 0.529 bits per heavy atom. The first-order valence-electron chi connectivity index (χ1n) is 10.4. The van der Waals surface area contributed by atoms with E-state index in [1.807, 2.05) is 0 Å². The largest absolute Gasteiger partial charge is 0.465 e. The van der Waals surface area contributed by atoms with Gasteiger partial charge in [-0.05, 0) is 5.75 Å². The van der Waals surface area contributed by atoms with Crippen molar-refractivity contribution in [3.8, 4) is 0 Å². The molecule has 196 valence electrons. The molecule has 34 heavy (non-hydrogen) atoms. The van der Waals surface area contributed by atoms with Crippen LogP contribution < -0.4 is 0 Å². The van der Waals surface area contributed by atoms with Crippen LogP contribution in [0.5, 0.6) is 0 Å². The normalized spacial score (nSPS) is 10.9. The van der Waals surface area contributed by atoms with E-state index in [9.17, 15) is 24.0 Å². The van der Waals surface area contributed by atoms with Crippen LogP contribution in [-0.2, 0) is 42.9 Å². The van der Waals surface area contributed by atoms with Crippen molar-refractivity contribution in [1.29, 1.82) is 0 Å². The van der Waals surface area contributed by atoms with Crippen LogP contribution in [0.1, 0.15) is 32.1 Å². The highest BCUT2D eigenvalue weighted by atomic mass is 32.2. The fourth-order valence-corrected chi connectivity index (χ4v) is 3.80. The standard InChI is InChI=1S/C20H32O9S5/c21-15(1-6-30)26-11-20(12-27-16(22)2-7-31,13-28-17(23)3-8-32)14-29-18(24)5-10-34-19(25)4-9-33/h30-33H,1-14H2. The second-order valence-electron chi connectivity index (χ2n) is 7.01. The minimum absolute atomic E-state index is 0.0371. The van der Waals surface area contributed by atoms with Crippen LogP contribution in [0.15, 0.2) is 0 Å². The fourth-order valence-electron chi connectivity index (χ4n) is 2.16. The molecule has 0 atom stereocenters. The van der Waals surface area contributed by atoms with Gasteiger partial charge in [-0.2, -0.15) is 50.5 Å². The highest BCUT2D eigenvalue weighted by molar-refractivity contribution is 8.13. The maximum atomic E-state index is 12.2. The van der Waals surface area contributed by atoms with Crippen molar-refractivity contribution in [3.63, 3.8) is 0 Å². The van der Waals surface area contributed by atoms with Gasteiger partial charge in [-0.15, -0.1) is 0 Å². The second-order valence-corrected chi connectivity index (χ2v) is 9.95. The van der Waals surface area contributed by atoms with E-state index in [-0.39, 0.29) is 80.2 Å². The minimum Gasteiger partial charge on any atom is -0.465 e. The van der Waals surface area contributed by atoms with Gasteiger partial charge in [0.2, 0.25) is 0 Å². The molecule has 0 saturated carbocycles. The summed E-state index contributed by atoms with van der Waals surface area (Å²) in [5.74, 6) is -0.865. The molecule has 0 rings (SSSR count). The average Bonchev–Trinajstić information content (AvgIpc) is 2.79. The zero-order valence-corrected chi connectivity index (χ0v) is 23.2. The lowest BCUT2D eigenvalue weighted by atomic mass is 9.92. The first-order valence-corrected chi connectivity index (χ1v) is 13.9. The molecule has 14 heteroatoms. The zero-order chi connectivity index (χ0) is 25.8. The molecule has 0 heterocycles. The zero-order valence-electron chi connectivity index (χ0n) is 18.8. The van der Waals surface area contributed by atoms with E-state index in [0.717, 1.165) is 11.8 Å². The van der Waals surface area contributed by atoms with Crippen LogP contribution in [0.2, 0.25) is 0 Å². The number of carbonyl (C=O) groups excluding carboxylic acids is 5. The first-order chi connectivity index (χ1) is 16.2. The van der Waals surface area contributed by atoms with Gasteiger partial charge < -0.3 is 18.9 Å². The fraction of sp³-hybridized carbons (Fsp3) is 0.750. The topological polar surface area (TPSA) is 122 Å². The van der Waals surface area contributed by atoms with Crippen LogP contribution in [0, 0.1) is 5.41 Å². The van der Waals surface area contributed by atoms with Gasteiger partial charge in [0.25, 0.3) is 0 Å². The highest BCUT2D eigenvalue weighted by Gasteiger charge is 2.37. The predicted octanol–water partition coefficient (Wildman–Crippen LogP) is 2.08. The molecule has 0 aliphatic heterocycles. The van der Waals surface area contributed by atoms with E-state index in [0.29, 0.717) is 12.2 Å². The molecule has 0 aliphatic carbocycles. The number of carbonyl (C=O) groups is 5. The Hall–Kier alpha value is -0.700.